The number of carbonyl (C=O) groups is 1. The summed E-state index contributed by atoms with van der Waals surface area (Å²) in [6.45, 7) is 2.27. The maximum atomic E-state index is 13.4. The van der Waals surface area contributed by atoms with E-state index in [1.54, 1.807) is 14.0 Å². The number of carboxylic acids is 1. The summed E-state index contributed by atoms with van der Waals surface area (Å²) in [6.07, 6.45) is 0.381. The Kier molecular flexibility index (Phi) is 5.22. The third-order valence-electron chi connectivity index (χ3n) is 2.96. The first-order valence-electron chi connectivity index (χ1n) is 5.76. The highest BCUT2D eigenvalue weighted by Gasteiger charge is 2.13. The first kappa shape index (κ1) is 14.6. The molecule has 0 heterocycles. The summed E-state index contributed by atoms with van der Waals surface area (Å²) < 4.78 is 26.3. The number of aliphatic carboxylic acids is 1. The van der Waals surface area contributed by atoms with Gasteiger partial charge in [-0.15, -0.1) is 0 Å². The molecule has 1 N–H and O–H groups in total. The van der Waals surface area contributed by atoms with Crippen LogP contribution in [0.1, 0.15) is 18.9 Å². The van der Waals surface area contributed by atoms with Crippen molar-refractivity contribution in [1.29, 1.82) is 0 Å². The Hall–Kier alpha value is -1.49. The van der Waals surface area contributed by atoms with Gasteiger partial charge < -0.3 is 10.0 Å². The van der Waals surface area contributed by atoms with Gasteiger partial charge in [0.2, 0.25) is 0 Å². The van der Waals surface area contributed by atoms with Crippen LogP contribution in [0.25, 0.3) is 0 Å². The van der Waals surface area contributed by atoms with Crippen molar-refractivity contribution >= 4 is 5.97 Å². The number of benzene rings is 1. The standard InChI is InChI=1S/C13H17F2NO2/c1-9(7-13(17)18)16(2)6-5-10-8-11(14)3-4-12(10)15/h3-4,8-9H,5-7H2,1-2H3,(H,17,18). The first-order chi connectivity index (χ1) is 8.40. The molecule has 1 aromatic rings. The smallest absolute Gasteiger partial charge is 0.304 e. The molecule has 0 aliphatic rings. The fraction of sp³-hybridized carbons (Fsp3) is 0.462. The molecule has 0 spiro atoms. The van der Waals surface area contributed by atoms with Crippen LogP contribution >= 0.6 is 0 Å². The van der Waals surface area contributed by atoms with Crippen molar-refractivity contribution in [2.75, 3.05) is 13.6 Å². The average Bonchev–Trinajstić information content (AvgIpc) is 2.29. The van der Waals surface area contributed by atoms with Gasteiger partial charge in [-0.05, 0) is 44.2 Å². The third kappa shape index (κ3) is 4.41. The topological polar surface area (TPSA) is 40.5 Å². The minimum Gasteiger partial charge on any atom is -0.481 e. The second-order valence-electron chi connectivity index (χ2n) is 4.41. The van der Waals surface area contributed by atoms with Crippen LogP contribution in [0.5, 0.6) is 0 Å². The summed E-state index contributed by atoms with van der Waals surface area (Å²) in [5, 5.41) is 8.66. The van der Waals surface area contributed by atoms with Gasteiger partial charge >= 0.3 is 5.97 Å². The summed E-state index contributed by atoms with van der Waals surface area (Å²) in [7, 11) is 1.77. The highest BCUT2D eigenvalue weighted by Crippen LogP contribution is 2.11. The maximum absolute atomic E-state index is 13.4. The lowest BCUT2D eigenvalue weighted by Crippen LogP contribution is -2.32. The van der Waals surface area contributed by atoms with Gasteiger partial charge in [-0.1, -0.05) is 0 Å². The van der Waals surface area contributed by atoms with E-state index in [0.29, 0.717) is 18.5 Å². The lowest BCUT2D eigenvalue weighted by Gasteiger charge is -2.23. The second-order valence-corrected chi connectivity index (χ2v) is 4.41. The zero-order valence-corrected chi connectivity index (χ0v) is 10.5. The van der Waals surface area contributed by atoms with E-state index in [2.05, 4.69) is 0 Å². The van der Waals surface area contributed by atoms with Crippen LogP contribution in [0.2, 0.25) is 0 Å². The SMILES string of the molecule is CC(CC(=O)O)N(C)CCc1cc(F)ccc1F. The van der Waals surface area contributed by atoms with Gasteiger partial charge in [-0.3, -0.25) is 4.79 Å². The molecule has 0 amide bonds. The summed E-state index contributed by atoms with van der Waals surface area (Å²) in [4.78, 5) is 12.4. The Morgan fingerprint density at radius 3 is 2.72 bits per heavy atom. The average molecular weight is 257 g/mol. The van der Waals surface area contributed by atoms with Gasteiger partial charge in [0, 0.05) is 12.6 Å². The fourth-order valence-corrected chi connectivity index (χ4v) is 1.66. The van der Waals surface area contributed by atoms with Gasteiger partial charge in [0.15, 0.2) is 0 Å². The quantitative estimate of drug-likeness (QED) is 0.850. The molecular weight excluding hydrogens is 240 g/mol. The Balaban J connectivity index is 2.54. The van der Waals surface area contributed by atoms with E-state index in [1.807, 2.05) is 4.90 Å². The van der Waals surface area contributed by atoms with Crippen LogP contribution in [0.3, 0.4) is 0 Å². The molecule has 5 heteroatoms. The molecule has 0 radical (unpaired) electrons. The molecule has 18 heavy (non-hydrogen) atoms. The number of nitrogens with zero attached hydrogens (tertiary/aromatic N) is 1. The van der Waals surface area contributed by atoms with Crippen molar-refractivity contribution in [2.24, 2.45) is 0 Å². The molecule has 0 saturated heterocycles. The minimum atomic E-state index is -0.869. The van der Waals surface area contributed by atoms with Crippen molar-refractivity contribution in [3.8, 4) is 0 Å². The lowest BCUT2D eigenvalue weighted by molar-refractivity contribution is -0.138. The molecule has 1 atom stereocenters. The molecule has 0 aromatic heterocycles. The van der Waals surface area contributed by atoms with E-state index >= 15 is 0 Å². The molecule has 0 aliphatic heterocycles. The van der Waals surface area contributed by atoms with Crippen LogP contribution in [-0.2, 0) is 11.2 Å². The van der Waals surface area contributed by atoms with E-state index < -0.39 is 17.6 Å². The van der Waals surface area contributed by atoms with Crippen LogP contribution < -0.4 is 0 Å². The molecule has 0 aliphatic carbocycles. The Morgan fingerprint density at radius 2 is 2.11 bits per heavy atom. The van der Waals surface area contributed by atoms with Gasteiger partial charge in [0.05, 0.1) is 6.42 Å². The second kappa shape index (κ2) is 6.44. The van der Waals surface area contributed by atoms with Gasteiger partial charge in [0.1, 0.15) is 11.6 Å². The van der Waals surface area contributed by atoms with E-state index in [4.69, 9.17) is 5.11 Å². The predicted octanol–water partition coefficient (Wildman–Crippen LogP) is 2.30. The molecular formula is C13H17F2NO2. The molecule has 1 unspecified atom stereocenters. The maximum Gasteiger partial charge on any atom is 0.304 e. The number of hydrogen-bond acceptors (Lipinski definition) is 2. The van der Waals surface area contributed by atoms with E-state index in [1.165, 1.54) is 6.07 Å². The van der Waals surface area contributed by atoms with E-state index in [-0.39, 0.29) is 12.5 Å². The van der Waals surface area contributed by atoms with E-state index in [0.717, 1.165) is 12.1 Å². The monoisotopic (exact) mass is 257 g/mol. The highest BCUT2D eigenvalue weighted by atomic mass is 19.1. The van der Waals surface area contributed by atoms with Crippen LogP contribution in [0.4, 0.5) is 8.78 Å². The molecule has 1 rings (SSSR count). The summed E-state index contributed by atoms with van der Waals surface area (Å²) in [5.74, 6) is -1.77. The van der Waals surface area contributed by atoms with Gasteiger partial charge in [-0.25, -0.2) is 8.78 Å². The Morgan fingerprint density at radius 1 is 1.44 bits per heavy atom. The minimum absolute atomic E-state index is 0.0299. The number of halogens is 2. The normalized spacial score (nSPS) is 12.7. The largest absolute Gasteiger partial charge is 0.481 e. The van der Waals surface area contributed by atoms with Crippen molar-refractivity contribution in [1.82, 2.24) is 4.90 Å². The van der Waals surface area contributed by atoms with Crippen molar-refractivity contribution < 1.29 is 18.7 Å². The first-order valence-corrected chi connectivity index (χ1v) is 5.76. The van der Waals surface area contributed by atoms with Crippen molar-refractivity contribution in [2.45, 2.75) is 25.8 Å². The van der Waals surface area contributed by atoms with Crippen LogP contribution in [0, 0.1) is 11.6 Å². The lowest BCUT2D eigenvalue weighted by atomic mass is 10.1. The number of likely N-dealkylation sites (N-methyl/N-ethyl adjacent to an activating group) is 1. The fourth-order valence-electron chi connectivity index (χ4n) is 1.66. The number of hydrogen-bond donors (Lipinski definition) is 1. The van der Waals surface area contributed by atoms with Gasteiger partial charge in [0.25, 0.3) is 0 Å². The molecule has 0 saturated carbocycles. The number of rotatable bonds is 6. The highest BCUT2D eigenvalue weighted by molar-refractivity contribution is 5.67. The van der Waals surface area contributed by atoms with E-state index in [9.17, 15) is 13.6 Å². The summed E-state index contributed by atoms with van der Waals surface area (Å²) >= 11 is 0. The molecule has 0 fully saturated rings. The third-order valence-corrected chi connectivity index (χ3v) is 2.96. The molecule has 3 nitrogen and oxygen atoms in total. The zero-order chi connectivity index (χ0) is 13.7. The van der Waals surface area contributed by atoms with Gasteiger partial charge in [-0.2, -0.15) is 0 Å². The molecule has 100 valence electrons. The summed E-state index contributed by atoms with van der Waals surface area (Å²) in [6, 6.07) is 3.21. The molecule has 1 aromatic carbocycles. The number of carboxylic acid groups (broad SMARTS) is 1. The van der Waals surface area contributed by atoms with Crippen molar-refractivity contribution in [3.05, 3.63) is 35.4 Å². The van der Waals surface area contributed by atoms with Crippen LogP contribution in [0.15, 0.2) is 18.2 Å². The van der Waals surface area contributed by atoms with Crippen molar-refractivity contribution in [3.63, 3.8) is 0 Å². The Bertz CT molecular complexity index is 423. The Labute approximate surface area is 105 Å². The summed E-state index contributed by atoms with van der Waals surface area (Å²) in [5.41, 5.74) is 0.310. The zero-order valence-electron chi connectivity index (χ0n) is 10.5. The van der Waals surface area contributed by atoms with Crippen LogP contribution in [-0.4, -0.2) is 35.6 Å². The predicted molar refractivity (Wildman–Crippen MR) is 64.4 cm³/mol. The molecule has 0 bridgehead atoms.